The summed E-state index contributed by atoms with van der Waals surface area (Å²) in [7, 11) is 2.85. The smallest absolute Gasteiger partial charge is 0.316 e. The van der Waals surface area contributed by atoms with Crippen molar-refractivity contribution in [1.82, 2.24) is 10.2 Å². The molecule has 2 aromatic rings. The Kier molecular flexibility index (Phi) is 6.85. The fourth-order valence-corrected chi connectivity index (χ4v) is 4.19. The van der Waals surface area contributed by atoms with Crippen molar-refractivity contribution in [1.29, 1.82) is 0 Å². The molecule has 0 aromatic heterocycles. The number of carbonyl (C=O) groups is 3. The van der Waals surface area contributed by atoms with Crippen LogP contribution < -0.4 is 10.1 Å². The van der Waals surface area contributed by atoms with Gasteiger partial charge in [0.1, 0.15) is 11.2 Å². The summed E-state index contributed by atoms with van der Waals surface area (Å²) in [6, 6.07) is 13.7. The van der Waals surface area contributed by atoms with E-state index in [1.54, 1.807) is 36.3 Å². The van der Waals surface area contributed by atoms with E-state index in [2.05, 4.69) is 5.32 Å². The highest BCUT2D eigenvalue weighted by Crippen LogP contribution is 2.49. The van der Waals surface area contributed by atoms with Crippen LogP contribution in [-0.4, -0.2) is 43.4 Å². The molecule has 0 unspecified atom stereocenters. The number of ether oxygens (including phenoxy) is 2. The van der Waals surface area contributed by atoms with E-state index in [0.717, 1.165) is 11.1 Å². The van der Waals surface area contributed by atoms with E-state index in [-0.39, 0.29) is 31.3 Å². The lowest BCUT2D eigenvalue weighted by atomic mass is 9.76. The molecule has 2 atom stereocenters. The fraction of sp³-hybridized carbons (Fsp3) is 0.348. The molecular formula is C23H25ClN2O5. The van der Waals surface area contributed by atoms with Crippen molar-refractivity contribution in [3.8, 4) is 5.75 Å². The van der Waals surface area contributed by atoms with Gasteiger partial charge < -0.3 is 19.7 Å². The van der Waals surface area contributed by atoms with Crippen molar-refractivity contribution in [3.63, 3.8) is 0 Å². The van der Waals surface area contributed by atoms with Crippen LogP contribution in [0.4, 0.5) is 0 Å². The number of hydrogen-bond donors (Lipinski definition) is 1. The Morgan fingerprint density at radius 1 is 1.13 bits per heavy atom. The van der Waals surface area contributed by atoms with Crippen LogP contribution in [-0.2, 0) is 25.7 Å². The second-order valence-corrected chi connectivity index (χ2v) is 7.99. The average molecular weight is 445 g/mol. The third-order valence-corrected chi connectivity index (χ3v) is 5.82. The molecule has 1 saturated heterocycles. The van der Waals surface area contributed by atoms with Gasteiger partial charge in [-0.3, -0.25) is 14.4 Å². The molecule has 7 nitrogen and oxygen atoms in total. The number of methoxy groups -OCH3 is 2. The second kappa shape index (κ2) is 9.39. The van der Waals surface area contributed by atoms with Crippen molar-refractivity contribution in [2.45, 2.75) is 25.9 Å². The first kappa shape index (κ1) is 22.6. The van der Waals surface area contributed by atoms with E-state index in [1.807, 2.05) is 24.3 Å². The van der Waals surface area contributed by atoms with Gasteiger partial charge >= 0.3 is 5.97 Å². The quantitative estimate of drug-likeness (QED) is 0.663. The van der Waals surface area contributed by atoms with Gasteiger partial charge in [-0.05, 0) is 35.4 Å². The van der Waals surface area contributed by atoms with Gasteiger partial charge in [-0.2, -0.15) is 0 Å². The van der Waals surface area contributed by atoms with E-state index in [4.69, 9.17) is 21.1 Å². The minimum atomic E-state index is -1.27. The summed E-state index contributed by atoms with van der Waals surface area (Å²) in [5.41, 5.74) is 0.353. The van der Waals surface area contributed by atoms with E-state index < -0.39 is 17.4 Å². The molecule has 2 aromatic carbocycles. The topological polar surface area (TPSA) is 84.9 Å². The number of nitrogens with one attached hydrogen (secondary N) is 1. The third-order valence-electron chi connectivity index (χ3n) is 5.56. The van der Waals surface area contributed by atoms with Crippen molar-refractivity contribution in [2.75, 3.05) is 20.8 Å². The van der Waals surface area contributed by atoms with Gasteiger partial charge in [0.2, 0.25) is 11.8 Å². The first-order valence-electron chi connectivity index (χ1n) is 9.81. The molecule has 0 spiro atoms. The lowest BCUT2D eigenvalue weighted by Gasteiger charge is -2.36. The minimum Gasteiger partial charge on any atom is -0.497 e. The third kappa shape index (κ3) is 4.66. The maximum absolute atomic E-state index is 13.2. The number of hydrogen-bond acceptors (Lipinski definition) is 5. The molecule has 1 fully saturated rings. The van der Waals surface area contributed by atoms with Gasteiger partial charge in [-0.1, -0.05) is 35.9 Å². The zero-order valence-corrected chi connectivity index (χ0v) is 18.4. The Hall–Kier alpha value is -3.06. The first-order valence-corrected chi connectivity index (χ1v) is 10.2. The highest BCUT2D eigenvalue weighted by atomic mass is 35.5. The fourth-order valence-electron chi connectivity index (χ4n) is 4.06. The van der Waals surface area contributed by atoms with Gasteiger partial charge in [0.05, 0.1) is 20.3 Å². The standard InChI is InChI=1S/C23H25ClN2O5/c1-15(27)25-14-23(22(29)31-3)12-20(28)26(13-16-4-8-18(24)9-5-16)21(23)17-6-10-19(30-2)11-7-17/h4-11,21H,12-14H2,1-3H3,(H,25,27)/t21-,23+/m1/s1. The Morgan fingerprint density at radius 3 is 2.32 bits per heavy atom. The molecule has 2 amide bonds. The summed E-state index contributed by atoms with van der Waals surface area (Å²) in [5.74, 6) is -0.385. The molecule has 8 heteroatoms. The minimum absolute atomic E-state index is 0.0193. The van der Waals surface area contributed by atoms with Crippen LogP contribution in [0.2, 0.25) is 5.02 Å². The van der Waals surface area contributed by atoms with Gasteiger partial charge in [0.25, 0.3) is 0 Å². The highest BCUT2D eigenvalue weighted by Gasteiger charge is 2.58. The molecule has 164 valence electrons. The Labute approximate surface area is 186 Å². The van der Waals surface area contributed by atoms with Gasteiger partial charge in [0, 0.05) is 31.5 Å². The largest absolute Gasteiger partial charge is 0.497 e. The number of nitrogens with zero attached hydrogens (tertiary/aromatic N) is 1. The molecule has 0 saturated carbocycles. The van der Waals surface area contributed by atoms with Crippen molar-refractivity contribution >= 4 is 29.4 Å². The molecule has 31 heavy (non-hydrogen) atoms. The second-order valence-electron chi connectivity index (χ2n) is 7.56. The molecule has 1 N–H and O–H groups in total. The zero-order valence-electron chi connectivity index (χ0n) is 17.7. The number of rotatable bonds is 7. The molecule has 0 aliphatic carbocycles. The van der Waals surface area contributed by atoms with Crippen molar-refractivity contribution in [3.05, 3.63) is 64.7 Å². The SMILES string of the molecule is COC(=O)[C@]1(CNC(C)=O)CC(=O)N(Cc2ccc(Cl)cc2)[C@@H]1c1ccc(OC)cc1. The molecule has 1 heterocycles. The molecule has 1 aliphatic rings. The number of likely N-dealkylation sites (tertiary alicyclic amines) is 1. The lowest BCUT2D eigenvalue weighted by molar-refractivity contribution is -0.154. The van der Waals surface area contributed by atoms with Gasteiger partial charge in [-0.25, -0.2) is 0 Å². The number of amides is 2. The maximum atomic E-state index is 13.2. The number of esters is 1. The zero-order chi connectivity index (χ0) is 22.6. The van der Waals surface area contributed by atoms with Crippen LogP contribution in [0.15, 0.2) is 48.5 Å². The average Bonchev–Trinajstić information content (AvgIpc) is 3.05. The number of carbonyl (C=O) groups excluding carboxylic acids is 3. The lowest BCUT2D eigenvalue weighted by Crippen LogP contribution is -2.47. The van der Waals surface area contributed by atoms with Crippen LogP contribution in [0, 0.1) is 5.41 Å². The summed E-state index contributed by atoms with van der Waals surface area (Å²) in [6.45, 7) is 1.63. The van der Waals surface area contributed by atoms with E-state index in [0.29, 0.717) is 10.8 Å². The Balaban J connectivity index is 2.09. The maximum Gasteiger partial charge on any atom is 0.316 e. The summed E-state index contributed by atoms with van der Waals surface area (Å²) in [5, 5.41) is 3.31. The summed E-state index contributed by atoms with van der Waals surface area (Å²) < 4.78 is 10.4. The predicted molar refractivity (Wildman–Crippen MR) is 115 cm³/mol. The van der Waals surface area contributed by atoms with E-state index in [9.17, 15) is 14.4 Å². The first-order chi connectivity index (χ1) is 14.8. The van der Waals surface area contributed by atoms with E-state index in [1.165, 1.54) is 14.0 Å². The van der Waals surface area contributed by atoms with E-state index >= 15 is 0 Å². The van der Waals surface area contributed by atoms with Gasteiger partial charge in [-0.15, -0.1) is 0 Å². The predicted octanol–water partition coefficient (Wildman–Crippen LogP) is 3.12. The molecular weight excluding hydrogens is 420 g/mol. The normalized spacial score (nSPS) is 20.5. The molecule has 0 radical (unpaired) electrons. The van der Waals surface area contributed by atoms with Crippen molar-refractivity contribution < 1.29 is 23.9 Å². The van der Waals surface area contributed by atoms with Crippen LogP contribution in [0.25, 0.3) is 0 Å². The molecule has 1 aliphatic heterocycles. The number of benzene rings is 2. The van der Waals surface area contributed by atoms with Crippen LogP contribution in [0.3, 0.4) is 0 Å². The monoisotopic (exact) mass is 444 g/mol. The Bertz CT molecular complexity index is 961. The van der Waals surface area contributed by atoms with Gasteiger partial charge in [0.15, 0.2) is 0 Å². The van der Waals surface area contributed by atoms with Crippen LogP contribution in [0.1, 0.15) is 30.5 Å². The number of halogens is 1. The van der Waals surface area contributed by atoms with Crippen LogP contribution in [0.5, 0.6) is 5.75 Å². The summed E-state index contributed by atoms with van der Waals surface area (Å²) in [6.07, 6.45) is -0.0791. The summed E-state index contributed by atoms with van der Waals surface area (Å²) >= 11 is 5.99. The van der Waals surface area contributed by atoms with Crippen LogP contribution >= 0.6 is 11.6 Å². The highest BCUT2D eigenvalue weighted by molar-refractivity contribution is 6.30. The molecule has 3 rings (SSSR count). The Morgan fingerprint density at radius 2 is 1.77 bits per heavy atom. The molecule has 0 bridgehead atoms. The van der Waals surface area contributed by atoms with Crippen molar-refractivity contribution in [2.24, 2.45) is 5.41 Å². The summed E-state index contributed by atoms with van der Waals surface area (Å²) in [4.78, 5) is 39.6.